The van der Waals surface area contributed by atoms with Gasteiger partial charge in [0.1, 0.15) is 22.8 Å². The van der Waals surface area contributed by atoms with Gasteiger partial charge in [-0.05, 0) is 73.5 Å². The molecule has 4 N–H and O–H groups in total. The average molecular weight is 427 g/mol. The van der Waals surface area contributed by atoms with Gasteiger partial charge in [-0.1, -0.05) is 12.1 Å². The van der Waals surface area contributed by atoms with Crippen LogP contribution in [0.15, 0.2) is 54.6 Å². The number of phenolic OH excluding ortho intramolecular Hbond substituents is 1. The van der Waals surface area contributed by atoms with Crippen LogP contribution in [0.25, 0.3) is 44.5 Å². The molecule has 0 amide bonds. The minimum absolute atomic E-state index is 0.0966. The van der Waals surface area contributed by atoms with Gasteiger partial charge in [-0.15, -0.1) is 0 Å². The third-order valence-electron chi connectivity index (χ3n) is 6.30. The molecular formula is C25H22FN5O. The SMILES string of the molecule is Oc1cc(F)cc(-c2cccc3[nH]c(-c4n[nH]c5ccc(C6CCNCC6)nc45)cc23)c1. The van der Waals surface area contributed by atoms with Gasteiger partial charge in [0.25, 0.3) is 0 Å². The van der Waals surface area contributed by atoms with E-state index in [1.807, 2.05) is 24.3 Å². The standard InChI is InChI=1S/C25H22FN5O/c26-16-10-15(11-17(32)12-16)18-2-1-3-21-19(18)13-23(28-21)25-24-22(30-31-25)5-4-20(29-24)14-6-8-27-9-7-14/h1-5,10-14,27-28,32H,6-9H2,(H,30,31). The van der Waals surface area contributed by atoms with Crippen molar-refractivity contribution in [2.75, 3.05) is 13.1 Å². The Balaban J connectivity index is 1.47. The van der Waals surface area contributed by atoms with Crippen molar-refractivity contribution in [3.63, 3.8) is 0 Å². The van der Waals surface area contributed by atoms with Crippen molar-refractivity contribution in [2.45, 2.75) is 18.8 Å². The van der Waals surface area contributed by atoms with Crippen molar-refractivity contribution >= 4 is 21.9 Å². The number of aromatic hydroxyl groups is 1. The first-order chi connectivity index (χ1) is 15.7. The Hall–Kier alpha value is -3.71. The molecule has 32 heavy (non-hydrogen) atoms. The molecule has 0 atom stereocenters. The molecule has 7 heteroatoms. The molecule has 0 spiro atoms. The van der Waals surface area contributed by atoms with E-state index in [2.05, 4.69) is 32.6 Å². The molecular weight excluding hydrogens is 405 g/mol. The summed E-state index contributed by atoms with van der Waals surface area (Å²) in [6.45, 7) is 2.03. The van der Waals surface area contributed by atoms with Crippen LogP contribution in [0.4, 0.5) is 4.39 Å². The van der Waals surface area contributed by atoms with Gasteiger partial charge >= 0.3 is 0 Å². The Morgan fingerprint density at radius 2 is 1.84 bits per heavy atom. The van der Waals surface area contributed by atoms with Crippen molar-refractivity contribution < 1.29 is 9.50 Å². The summed E-state index contributed by atoms with van der Waals surface area (Å²) in [6, 6.07) is 16.1. The Bertz CT molecular complexity index is 1430. The maximum absolute atomic E-state index is 13.9. The summed E-state index contributed by atoms with van der Waals surface area (Å²) in [7, 11) is 0. The summed E-state index contributed by atoms with van der Waals surface area (Å²) in [5.74, 6) is -0.111. The molecule has 5 aromatic rings. The predicted molar refractivity (Wildman–Crippen MR) is 123 cm³/mol. The fourth-order valence-corrected chi connectivity index (χ4v) is 4.71. The molecule has 3 aromatic heterocycles. The number of piperidine rings is 1. The van der Waals surface area contributed by atoms with Gasteiger partial charge in [0.05, 0.1) is 11.2 Å². The van der Waals surface area contributed by atoms with E-state index >= 15 is 0 Å². The van der Waals surface area contributed by atoms with E-state index in [0.29, 0.717) is 11.5 Å². The van der Waals surface area contributed by atoms with E-state index in [-0.39, 0.29) is 5.75 Å². The van der Waals surface area contributed by atoms with E-state index in [9.17, 15) is 9.50 Å². The van der Waals surface area contributed by atoms with Gasteiger partial charge in [0, 0.05) is 28.6 Å². The van der Waals surface area contributed by atoms with Gasteiger partial charge in [0.15, 0.2) is 0 Å². The van der Waals surface area contributed by atoms with E-state index in [4.69, 9.17) is 4.98 Å². The molecule has 6 nitrogen and oxygen atoms in total. The van der Waals surface area contributed by atoms with Crippen LogP contribution in [0.2, 0.25) is 0 Å². The van der Waals surface area contributed by atoms with Crippen molar-refractivity contribution in [3.05, 3.63) is 66.1 Å². The number of aromatic amines is 2. The number of phenols is 1. The van der Waals surface area contributed by atoms with Crippen LogP contribution in [0.3, 0.4) is 0 Å². The summed E-state index contributed by atoms with van der Waals surface area (Å²) >= 11 is 0. The second kappa shape index (κ2) is 7.46. The second-order valence-corrected chi connectivity index (χ2v) is 8.38. The van der Waals surface area contributed by atoms with Gasteiger partial charge in [-0.3, -0.25) is 5.10 Å². The summed E-state index contributed by atoms with van der Waals surface area (Å²) in [5.41, 5.74) is 6.82. The molecule has 1 aliphatic rings. The molecule has 4 heterocycles. The Morgan fingerprint density at radius 3 is 2.69 bits per heavy atom. The number of aromatic nitrogens is 4. The molecule has 0 unspecified atom stereocenters. The van der Waals surface area contributed by atoms with Gasteiger partial charge in [-0.25, -0.2) is 9.37 Å². The third-order valence-corrected chi connectivity index (χ3v) is 6.30. The van der Waals surface area contributed by atoms with Crippen LogP contribution >= 0.6 is 0 Å². The quantitative estimate of drug-likeness (QED) is 0.323. The molecule has 0 radical (unpaired) electrons. The Labute approximate surface area is 183 Å². The molecule has 0 saturated carbocycles. The molecule has 0 aliphatic carbocycles. The van der Waals surface area contributed by atoms with Crippen molar-refractivity contribution in [3.8, 4) is 28.3 Å². The normalized spacial score (nSPS) is 15.0. The maximum Gasteiger partial charge on any atom is 0.135 e. The number of H-pyrrole nitrogens is 2. The molecule has 0 bridgehead atoms. The zero-order chi connectivity index (χ0) is 21.7. The first kappa shape index (κ1) is 19.0. The van der Waals surface area contributed by atoms with E-state index in [1.165, 1.54) is 6.07 Å². The fourth-order valence-electron chi connectivity index (χ4n) is 4.71. The van der Waals surface area contributed by atoms with Gasteiger partial charge in [0.2, 0.25) is 0 Å². The van der Waals surface area contributed by atoms with Gasteiger partial charge < -0.3 is 15.4 Å². The average Bonchev–Trinajstić information content (AvgIpc) is 3.42. The first-order valence-corrected chi connectivity index (χ1v) is 10.8. The topological polar surface area (TPSA) is 89.6 Å². The van der Waals surface area contributed by atoms with Gasteiger partial charge in [-0.2, -0.15) is 5.10 Å². The molecule has 6 rings (SSSR count). The molecule has 2 aromatic carbocycles. The van der Waals surface area contributed by atoms with Crippen molar-refractivity contribution in [1.29, 1.82) is 0 Å². The van der Waals surface area contributed by atoms with E-state index in [1.54, 1.807) is 6.07 Å². The first-order valence-electron chi connectivity index (χ1n) is 10.8. The molecule has 160 valence electrons. The van der Waals surface area contributed by atoms with Crippen LogP contribution in [-0.4, -0.2) is 38.4 Å². The van der Waals surface area contributed by atoms with Crippen LogP contribution in [0, 0.1) is 5.82 Å². The summed E-state index contributed by atoms with van der Waals surface area (Å²) < 4.78 is 13.9. The Morgan fingerprint density at radius 1 is 0.969 bits per heavy atom. The van der Waals surface area contributed by atoms with Crippen molar-refractivity contribution in [1.82, 2.24) is 25.5 Å². The van der Waals surface area contributed by atoms with Crippen LogP contribution in [0.1, 0.15) is 24.5 Å². The highest BCUT2D eigenvalue weighted by atomic mass is 19.1. The van der Waals surface area contributed by atoms with E-state index in [0.717, 1.165) is 76.6 Å². The lowest BCUT2D eigenvalue weighted by Crippen LogP contribution is -2.27. The zero-order valence-electron chi connectivity index (χ0n) is 17.3. The van der Waals surface area contributed by atoms with Crippen LogP contribution in [-0.2, 0) is 0 Å². The monoisotopic (exact) mass is 427 g/mol. The molecule has 1 fully saturated rings. The number of halogens is 1. The fraction of sp³-hybridized carbons (Fsp3) is 0.200. The number of hydrogen-bond acceptors (Lipinski definition) is 4. The molecule has 1 aliphatic heterocycles. The number of nitrogens with zero attached hydrogens (tertiary/aromatic N) is 2. The molecule has 1 saturated heterocycles. The van der Waals surface area contributed by atoms with Crippen molar-refractivity contribution in [2.24, 2.45) is 0 Å². The highest BCUT2D eigenvalue weighted by Crippen LogP contribution is 2.35. The zero-order valence-corrected chi connectivity index (χ0v) is 17.3. The largest absolute Gasteiger partial charge is 0.508 e. The maximum atomic E-state index is 13.9. The number of benzene rings is 2. The number of nitrogens with one attached hydrogen (secondary N) is 3. The number of pyridine rings is 1. The van der Waals surface area contributed by atoms with Crippen LogP contribution < -0.4 is 5.32 Å². The number of rotatable bonds is 3. The lowest BCUT2D eigenvalue weighted by molar-refractivity contribution is 0.454. The van der Waals surface area contributed by atoms with Crippen LogP contribution in [0.5, 0.6) is 5.75 Å². The minimum Gasteiger partial charge on any atom is -0.508 e. The number of fused-ring (bicyclic) bond motifs is 2. The lowest BCUT2D eigenvalue weighted by Gasteiger charge is -2.22. The number of hydrogen-bond donors (Lipinski definition) is 4. The summed E-state index contributed by atoms with van der Waals surface area (Å²) in [5, 5.41) is 21.8. The third kappa shape index (κ3) is 3.22. The second-order valence-electron chi connectivity index (χ2n) is 8.38. The highest BCUT2D eigenvalue weighted by molar-refractivity contribution is 6.00. The van der Waals surface area contributed by atoms with E-state index < -0.39 is 5.82 Å². The summed E-state index contributed by atoms with van der Waals surface area (Å²) in [6.07, 6.45) is 2.17. The highest BCUT2D eigenvalue weighted by Gasteiger charge is 2.20. The minimum atomic E-state index is -0.472. The smallest absolute Gasteiger partial charge is 0.135 e. The predicted octanol–water partition coefficient (Wildman–Crippen LogP) is 5.08. The lowest BCUT2D eigenvalue weighted by atomic mass is 9.94. The summed E-state index contributed by atoms with van der Waals surface area (Å²) in [4.78, 5) is 8.42. The Kier molecular flexibility index (Phi) is 4.43.